The quantitative estimate of drug-likeness (QED) is 0.725. The summed E-state index contributed by atoms with van der Waals surface area (Å²) in [6.45, 7) is 7.14. The Kier molecular flexibility index (Phi) is 6.19. The van der Waals surface area contributed by atoms with E-state index >= 15 is 0 Å². The third kappa shape index (κ3) is 4.77. The van der Waals surface area contributed by atoms with Gasteiger partial charge in [0, 0.05) is 12.1 Å². The molecule has 2 aliphatic rings. The number of hydrogen-bond donors (Lipinski definition) is 1. The number of nitrogens with one attached hydrogen (secondary N) is 1. The average molecular weight is 265 g/mol. The molecular formula is C18H35N. The van der Waals surface area contributed by atoms with Crippen molar-refractivity contribution in [2.45, 2.75) is 97.1 Å². The highest BCUT2D eigenvalue weighted by atomic mass is 15.0. The fraction of sp³-hybridized carbons (Fsp3) is 1.00. The topological polar surface area (TPSA) is 12.0 Å². The summed E-state index contributed by atoms with van der Waals surface area (Å²) in [5.41, 5.74) is 0. The molecule has 2 rings (SSSR count). The summed E-state index contributed by atoms with van der Waals surface area (Å²) in [5.74, 6) is 2.83. The van der Waals surface area contributed by atoms with Crippen molar-refractivity contribution >= 4 is 0 Å². The van der Waals surface area contributed by atoms with Gasteiger partial charge in [-0.25, -0.2) is 0 Å². The second-order valence-corrected chi connectivity index (χ2v) is 7.59. The van der Waals surface area contributed by atoms with Gasteiger partial charge in [-0.2, -0.15) is 0 Å². The first kappa shape index (κ1) is 15.4. The Hall–Kier alpha value is -0.0400. The van der Waals surface area contributed by atoms with Crippen LogP contribution in [0.25, 0.3) is 0 Å². The minimum absolute atomic E-state index is 0.828. The van der Waals surface area contributed by atoms with Crippen molar-refractivity contribution < 1.29 is 0 Å². The first-order valence-electron chi connectivity index (χ1n) is 8.95. The Labute approximate surface area is 120 Å². The molecule has 2 fully saturated rings. The highest BCUT2D eigenvalue weighted by Gasteiger charge is 2.28. The molecule has 0 saturated heterocycles. The molecular weight excluding hydrogens is 230 g/mol. The fourth-order valence-electron chi connectivity index (χ4n) is 4.54. The van der Waals surface area contributed by atoms with Crippen LogP contribution in [0.5, 0.6) is 0 Å². The summed E-state index contributed by atoms with van der Waals surface area (Å²) in [5, 5.41) is 4.06. The normalized spacial score (nSPS) is 36.6. The van der Waals surface area contributed by atoms with Gasteiger partial charge in [-0.1, -0.05) is 52.9 Å². The van der Waals surface area contributed by atoms with Crippen molar-refractivity contribution in [3.63, 3.8) is 0 Å². The van der Waals surface area contributed by atoms with Crippen LogP contribution in [0.2, 0.25) is 0 Å². The minimum atomic E-state index is 0.828. The van der Waals surface area contributed by atoms with E-state index in [1.807, 2.05) is 0 Å². The molecule has 1 heteroatoms. The van der Waals surface area contributed by atoms with Gasteiger partial charge in [-0.3, -0.25) is 0 Å². The third-order valence-corrected chi connectivity index (χ3v) is 5.47. The molecule has 0 heterocycles. The van der Waals surface area contributed by atoms with E-state index in [9.17, 15) is 0 Å². The highest BCUT2D eigenvalue weighted by Crippen LogP contribution is 2.32. The van der Waals surface area contributed by atoms with Crippen molar-refractivity contribution in [2.24, 2.45) is 17.8 Å². The van der Waals surface area contributed by atoms with E-state index in [2.05, 4.69) is 26.1 Å². The van der Waals surface area contributed by atoms with Gasteiger partial charge in [0.2, 0.25) is 0 Å². The van der Waals surface area contributed by atoms with Crippen LogP contribution in [0.4, 0.5) is 0 Å². The van der Waals surface area contributed by atoms with Gasteiger partial charge in [-0.05, 0) is 49.9 Å². The molecule has 2 saturated carbocycles. The Morgan fingerprint density at radius 1 is 1.00 bits per heavy atom. The van der Waals surface area contributed by atoms with Crippen molar-refractivity contribution in [1.29, 1.82) is 0 Å². The first-order chi connectivity index (χ1) is 9.19. The molecule has 0 aromatic carbocycles. The van der Waals surface area contributed by atoms with Gasteiger partial charge in [0.1, 0.15) is 0 Å². The van der Waals surface area contributed by atoms with Crippen LogP contribution < -0.4 is 5.32 Å². The lowest BCUT2D eigenvalue weighted by molar-refractivity contribution is 0.189. The molecule has 4 atom stereocenters. The summed E-state index contributed by atoms with van der Waals surface area (Å²) in [7, 11) is 0. The van der Waals surface area contributed by atoms with Crippen molar-refractivity contribution in [3.8, 4) is 0 Å². The number of rotatable bonds is 5. The summed E-state index contributed by atoms with van der Waals surface area (Å²) >= 11 is 0. The van der Waals surface area contributed by atoms with E-state index in [0.717, 1.165) is 29.8 Å². The summed E-state index contributed by atoms with van der Waals surface area (Å²) in [6.07, 6.45) is 14.5. The average Bonchev–Trinajstić information content (AvgIpc) is 2.39. The molecule has 112 valence electrons. The van der Waals surface area contributed by atoms with Crippen LogP contribution in [-0.2, 0) is 0 Å². The summed E-state index contributed by atoms with van der Waals surface area (Å²) in [6, 6.07) is 1.66. The van der Waals surface area contributed by atoms with Crippen LogP contribution >= 0.6 is 0 Å². The molecule has 4 unspecified atom stereocenters. The van der Waals surface area contributed by atoms with Crippen molar-refractivity contribution in [1.82, 2.24) is 5.32 Å². The Morgan fingerprint density at radius 2 is 1.79 bits per heavy atom. The van der Waals surface area contributed by atoms with Gasteiger partial charge < -0.3 is 5.32 Å². The minimum Gasteiger partial charge on any atom is -0.311 e. The molecule has 0 amide bonds. The highest BCUT2D eigenvalue weighted by molar-refractivity contribution is 4.86. The van der Waals surface area contributed by atoms with Gasteiger partial charge in [0.05, 0.1) is 0 Å². The largest absolute Gasteiger partial charge is 0.311 e. The molecule has 0 aromatic heterocycles. The summed E-state index contributed by atoms with van der Waals surface area (Å²) < 4.78 is 0. The second-order valence-electron chi connectivity index (χ2n) is 7.59. The maximum absolute atomic E-state index is 4.06. The Morgan fingerprint density at radius 3 is 2.53 bits per heavy atom. The van der Waals surface area contributed by atoms with E-state index in [4.69, 9.17) is 0 Å². The molecule has 0 bridgehead atoms. The van der Waals surface area contributed by atoms with E-state index in [-0.39, 0.29) is 0 Å². The van der Waals surface area contributed by atoms with Gasteiger partial charge in [-0.15, -0.1) is 0 Å². The summed E-state index contributed by atoms with van der Waals surface area (Å²) in [4.78, 5) is 0. The van der Waals surface area contributed by atoms with Crippen molar-refractivity contribution in [3.05, 3.63) is 0 Å². The van der Waals surface area contributed by atoms with Crippen LogP contribution in [0.15, 0.2) is 0 Å². The first-order valence-corrected chi connectivity index (χ1v) is 8.95. The zero-order chi connectivity index (χ0) is 13.7. The maximum atomic E-state index is 4.06. The SMILES string of the molecule is CCC1CCCCC1NC1CCCC(CC(C)C)C1. The molecule has 1 nitrogen and oxygen atoms in total. The maximum Gasteiger partial charge on any atom is 0.00978 e. The Bertz CT molecular complexity index is 248. The van der Waals surface area contributed by atoms with E-state index in [1.54, 1.807) is 0 Å². The van der Waals surface area contributed by atoms with Crippen LogP contribution in [0.1, 0.15) is 85.0 Å². The predicted octanol–water partition coefficient (Wildman–Crippen LogP) is 5.15. The lowest BCUT2D eigenvalue weighted by Crippen LogP contribution is -2.46. The monoisotopic (exact) mass is 265 g/mol. The molecule has 19 heavy (non-hydrogen) atoms. The number of hydrogen-bond acceptors (Lipinski definition) is 1. The third-order valence-electron chi connectivity index (χ3n) is 5.47. The standard InChI is InChI=1S/C18H35N/c1-4-16-9-5-6-11-18(16)19-17-10-7-8-15(13-17)12-14(2)3/h14-19H,4-13H2,1-3H3. The zero-order valence-corrected chi connectivity index (χ0v) is 13.5. The van der Waals surface area contributed by atoms with Crippen molar-refractivity contribution in [2.75, 3.05) is 0 Å². The van der Waals surface area contributed by atoms with Gasteiger partial charge in [0.15, 0.2) is 0 Å². The Balaban J connectivity index is 1.80. The van der Waals surface area contributed by atoms with Gasteiger partial charge in [0.25, 0.3) is 0 Å². The van der Waals surface area contributed by atoms with E-state index in [0.29, 0.717) is 0 Å². The van der Waals surface area contributed by atoms with Gasteiger partial charge >= 0.3 is 0 Å². The lowest BCUT2D eigenvalue weighted by Gasteiger charge is -2.38. The van der Waals surface area contributed by atoms with Crippen LogP contribution in [0, 0.1) is 17.8 Å². The zero-order valence-electron chi connectivity index (χ0n) is 13.5. The molecule has 0 aliphatic heterocycles. The smallest absolute Gasteiger partial charge is 0.00978 e. The van der Waals surface area contributed by atoms with E-state index in [1.165, 1.54) is 64.2 Å². The van der Waals surface area contributed by atoms with Crippen LogP contribution in [-0.4, -0.2) is 12.1 Å². The molecule has 1 N–H and O–H groups in total. The second kappa shape index (κ2) is 7.67. The predicted molar refractivity (Wildman–Crippen MR) is 84.4 cm³/mol. The lowest BCUT2D eigenvalue weighted by atomic mass is 9.78. The molecule has 0 spiro atoms. The van der Waals surface area contributed by atoms with Crippen LogP contribution in [0.3, 0.4) is 0 Å². The fourth-order valence-corrected chi connectivity index (χ4v) is 4.54. The molecule has 2 aliphatic carbocycles. The van der Waals surface area contributed by atoms with E-state index < -0.39 is 0 Å². The molecule has 0 aromatic rings. The molecule has 0 radical (unpaired) electrons.